The second-order valence-corrected chi connectivity index (χ2v) is 8.39. The van der Waals surface area contributed by atoms with Crippen molar-refractivity contribution in [2.24, 2.45) is 0 Å². The summed E-state index contributed by atoms with van der Waals surface area (Å²) >= 11 is 6.13. The van der Waals surface area contributed by atoms with Gasteiger partial charge in [0.15, 0.2) is 0 Å². The monoisotopic (exact) mass is 386 g/mol. The molecule has 1 heterocycles. The molecule has 0 spiro atoms. The minimum Gasteiger partial charge on any atom is -0.495 e. The molecular formula is C23H31ClN2O. The summed E-state index contributed by atoms with van der Waals surface area (Å²) < 4.78 is 5.47. The van der Waals surface area contributed by atoms with Gasteiger partial charge in [-0.25, -0.2) is 0 Å². The summed E-state index contributed by atoms with van der Waals surface area (Å²) in [5.41, 5.74) is 4.81. The molecule has 0 aliphatic carbocycles. The quantitative estimate of drug-likeness (QED) is 0.659. The lowest BCUT2D eigenvalue weighted by Crippen LogP contribution is -2.44. The van der Waals surface area contributed by atoms with E-state index in [0.29, 0.717) is 5.02 Å². The Kier molecular flexibility index (Phi) is 6.33. The molecule has 3 rings (SSSR count). The maximum absolute atomic E-state index is 6.13. The molecule has 1 aliphatic heterocycles. The number of rotatable bonds is 6. The zero-order valence-corrected chi connectivity index (χ0v) is 17.7. The minimum absolute atomic E-state index is 0.0857. The Morgan fingerprint density at radius 3 is 2.37 bits per heavy atom. The van der Waals surface area contributed by atoms with Crippen molar-refractivity contribution in [3.8, 4) is 5.75 Å². The van der Waals surface area contributed by atoms with Crippen molar-refractivity contribution < 1.29 is 4.74 Å². The highest BCUT2D eigenvalue weighted by molar-refractivity contribution is 6.31. The highest BCUT2D eigenvalue weighted by atomic mass is 35.5. The van der Waals surface area contributed by atoms with E-state index in [0.717, 1.165) is 23.5 Å². The molecule has 0 radical (unpaired) electrons. The van der Waals surface area contributed by atoms with Crippen molar-refractivity contribution in [1.29, 1.82) is 0 Å². The van der Waals surface area contributed by atoms with Crippen LogP contribution in [0.5, 0.6) is 5.75 Å². The number of anilines is 1. The average molecular weight is 387 g/mol. The molecule has 0 saturated carbocycles. The molecule has 0 unspecified atom stereocenters. The van der Waals surface area contributed by atoms with E-state index in [2.05, 4.69) is 48.3 Å². The van der Waals surface area contributed by atoms with Gasteiger partial charge in [-0.2, -0.15) is 0 Å². The molecule has 1 aliphatic rings. The van der Waals surface area contributed by atoms with Crippen molar-refractivity contribution in [3.63, 3.8) is 0 Å². The summed E-state index contributed by atoms with van der Waals surface area (Å²) in [5.74, 6) is 0.780. The number of halogens is 1. The van der Waals surface area contributed by atoms with Crippen LogP contribution in [0.25, 0.3) is 0 Å². The van der Waals surface area contributed by atoms with E-state index in [1.54, 1.807) is 7.11 Å². The Labute approximate surface area is 168 Å². The number of nitrogens with one attached hydrogen (secondary N) is 1. The van der Waals surface area contributed by atoms with E-state index in [4.69, 9.17) is 16.3 Å². The van der Waals surface area contributed by atoms with E-state index in [9.17, 15) is 0 Å². The maximum atomic E-state index is 6.13. The SMILES string of the molecule is COc1cc(Cl)cc(C)c1NCc1ccc(C(C)(C)N2CCCCC2)cc1. The number of hydrogen-bond donors (Lipinski definition) is 1. The van der Waals surface area contributed by atoms with Gasteiger partial charge < -0.3 is 10.1 Å². The van der Waals surface area contributed by atoms with Gasteiger partial charge in [-0.1, -0.05) is 42.3 Å². The first-order valence-electron chi connectivity index (χ1n) is 9.84. The van der Waals surface area contributed by atoms with Crippen molar-refractivity contribution in [2.45, 2.75) is 52.1 Å². The van der Waals surface area contributed by atoms with Crippen molar-refractivity contribution in [1.82, 2.24) is 4.90 Å². The van der Waals surface area contributed by atoms with Gasteiger partial charge in [0, 0.05) is 23.2 Å². The van der Waals surface area contributed by atoms with Crippen LogP contribution >= 0.6 is 11.6 Å². The number of nitrogens with zero attached hydrogens (tertiary/aromatic N) is 1. The van der Waals surface area contributed by atoms with E-state index >= 15 is 0 Å². The molecule has 0 bridgehead atoms. The Balaban J connectivity index is 1.70. The van der Waals surface area contributed by atoms with Gasteiger partial charge in [-0.15, -0.1) is 0 Å². The zero-order chi connectivity index (χ0) is 19.4. The molecule has 2 aromatic carbocycles. The van der Waals surface area contributed by atoms with Crippen LogP contribution in [0.4, 0.5) is 5.69 Å². The molecule has 4 heteroatoms. The molecule has 1 saturated heterocycles. The third-order valence-corrected chi connectivity index (χ3v) is 5.98. The summed E-state index contributed by atoms with van der Waals surface area (Å²) in [6.45, 7) is 9.88. The van der Waals surface area contributed by atoms with E-state index in [1.807, 2.05) is 19.1 Å². The van der Waals surface area contributed by atoms with Crippen LogP contribution in [-0.4, -0.2) is 25.1 Å². The van der Waals surface area contributed by atoms with Gasteiger partial charge in [-0.3, -0.25) is 4.90 Å². The predicted molar refractivity (Wildman–Crippen MR) is 115 cm³/mol. The zero-order valence-electron chi connectivity index (χ0n) is 16.9. The molecule has 146 valence electrons. The van der Waals surface area contributed by atoms with Crippen molar-refractivity contribution in [3.05, 3.63) is 58.1 Å². The van der Waals surface area contributed by atoms with E-state index in [1.165, 1.54) is 43.5 Å². The number of methoxy groups -OCH3 is 1. The normalized spacial score (nSPS) is 15.6. The summed E-state index contributed by atoms with van der Waals surface area (Å²) in [6, 6.07) is 12.8. The molecular weight excluding hydrogens is 356 g/mol. The van der Waals surface area contributed by atoms with Crippen molar-refractivity contribution in [2.75, 3.05) is 25.5 Å². The van der Waals surface area contributed by atoms with E-state index < -0.39 is 0 Å². The Hall–Kier alpha value is -1.71. The lowest BCUT2D eigenvalue weighted by atomic mass is 9.89. The number of aryl methyl sites for hydroxylation is 1. The first kappa shape index (κ1) is 20.0. The molecule has 0 atom stereocenters. The first-order chi connectivity index (χ1) is 12.9. The highest BCUT2D eigenvalue weighted by Crippen LogP contribution is 2.33. The molecule has 1 fully saturated rings. The van der Waals surface area contributed by atoms with Crippen LogP contribution in [0.3, 0.4) is 0 Å². The van der Waals surface area contributed by atoms with Crippen LogP contribution in [0.2, 0.25) is 5.02 Å². The average Bonchev–Trinajstić information content (AvgIpc) is 2.67. The number of piperidine rings is 1. The fourth-order valence-electron chi connectivity index (χ4n) is 3.96. The van der Waals surface area contributed by atoms with Gasteiger partial charge in [-0.05, 0) is 69.5 Å². The fraction of sp³-hybridized carbons (Fsp3) is 0.478. The summed E-state index contributed by atoms with van der Waals surface area (Å²) in [7, 11) is 1.67. The minimum atomic E-state index is 0.0857. The smallest absolute Gasteiger partial charge is 0.143 e. The number of ether oxygens (including phenoxy) is 1. The van der Waals surface area contributed by atoms with Crippen LogP contribution in [0.15, 0.2) is 36.4 Å². The summed E-state index contributed by atoms with van der Waals surface area (Å²) in [4.78, 5) is 2.62. The molecule has 0 amide bonds. The van der Waals surface area contributed by atoms with E-state index in [-0.39, 0.29) is 5.54 Å². The Morgan fingerprint density at radius 2 is 1.74 bits per heavy atom. The predicted octanol–water partition coefficient (Wildman–Crippen LogP) is 5.99. The third kappa shape index (κ3) is 4.59. The lowest BCUT2D eigenvalue weighted by Gasteiger charge is -2.41. The van der Waals surface area contributed by atoms with Crippen LogP contribution in [0.1, 0.15) is 49.8 Å². The van der Waals surface area contributed by atoms with Gasteiger partial charge >= 0.3 is 0 Å². The van der Waals surface area contributed by atoms with Crippen LogP contribution in [-0.2, 0) is 12.1 Å². The third-order valence-electron chi connectivity index (χ3n) is 5.76. The molecule has 0 aromatic heterocycles. The number of likely N-dealkylation sites (tertiary alicyclic amines) is 1. The standard InChI is InChI=1S/C23H31ClN2O/c1-17-14-20(24)15-21(27-4)22(17)25-16-18-8-10-19(11-9-18)23(2,3)26-12-6-5-7-13-26/h8-11,14-15,25H,5-7,12-13,16H2,1-4H3. The maximum Gasteiger partial charge on any atom is 0.143 e. The molecule has 3 nitrogen and oxygen atoms in total. The van der Waals surface area contributed by atoms with Crippen LogP contribution < -0.4 is 10.1 Å². The van der Waals surface area contributed by atoms with Gasteiger partial charge in [0.1, 0.15) is 5.75 Å². The molecule has 1 N–H and O–H groups in total. The summed E-state index contributed by atoms with van der Waals surface area (Å²) in [6.07, 6.45) is 3.99. The second-order valence-electron chi connectivity index (χ2n) is 7.96. The molecule has 2 aromatic rings. The fourth-order valence-corrected chi connectivity index (χ4v) is 4.22. The molecule has 27 heavy (non-hydrogen) atoms. The Morgan fingerprint density at radius 1 is 1.07 bits per heavy atom. The first-order valence-corrected chi connectivity index (χ1v) is 10.2. The van der Waals surface area contributed by atoms with Gasteiger partial charge in [0.05, 0.1) is 12.8 Å². The summed E-state index contributed by atoms with van der Waals surface area (Å²) in [5, 5.41) is 4.20. The highest BCUT2D eigenvalue weighted by Gasteiger charge is 2.29. The van der Waals surface area contributed by atoms with Gasteiger partial charge in [0.2, 0.25) is 0 Å². The largest absolute Gasteiger partial charge is 0.495 e. The van der Waals surface area contributed by atoms with Crippen LogP contribution in [0, 0.1) is 6.92 Å². The number of hydrogen-bond acceptors (Lipinski definition) is 3. The topological polar surface area (TPSA) is 24.5 Å². The lowest BCUT2D eigenvalue weighted by molar-refractivity contribution is 0.0943. The Bertz CT molecular complexity index is 765. The second kappa shape index (κ2) is 8.53. The van der Waals surface area contributed by atoms with Crippen molar-refractivity contribution >= 4 is 17.3 Å². The number of benzene rings is 2. The van der Waals surface area contributed by atoms with Gasteiger partial charge in [0.25, 0.3) is 0 Å².